The minimum Gasteiger partial charge on any atom is -0.481 e. The van der Waals surface area contributed by atoms with E-state index in [4.69, 9.17) is 5.11 Å². The molecule has 0 aliphatic heterocycles. The zero-order valence-electron chi connectivity index (χ0n) is 24.5. The van der Waals surface area contributed by atoms with E-state index < -0.39 is 24.6 Å². The molecule has 3 unspecified atom stereocenters. The highest BCUT2D eigenvalue weighted by Gasteiger charge is 2.33. The minimum absolute atomic E-state index is 0.0882. The monoisotopic (exact) mass is 576 g/mol. The summed E-state index contributed by atoms with van der Waals surface area (Å²) >= 11 is 0. The van der Waals surface area contributed by atoms with E-state index in [0.29, 0.717) is 24.2 Å². The van der Waals surface area contributed by atoms with Gasteiger partial charge in [-0.15, -0.1) is 0 Å². The van der Waals surface area contributed by atoms with Crippen LogP contribution in [0.3, 0.4) is 0 Å². The van der Waals surface area contributed by atoms with Crippen LogP contribution in [0.1, 0.15) is 80.0 Å². The third-order valence-corrected chi connectivity index (χ3v) is 7.13. The number of aliphatic carboxylic acids is 1. The highest BCUT2D eigenvalue weighted by atomic mass is 19.1. The average Bonchev–Trinajstić information content (AvgIpc) is 3.28. The fourth-order valence-electron chi connectivity index (χ4n) is 5.44. The molecule has 224 valence electrons. The molecule has 1 heterocycles. The zero-order valence-corrected chi connectivity index (χ0v) is 24.5. The van der Waals surface area contributed by atoms with Gasteiger partial charge >= 0.3 is 5.97 Å². The van der Waals surface area contributed by atoms with Crippen LogP contribution in [0, 0.1) is 0 Å². The number of carbonyl (C=O) groups excluding carboxylic acids is 1. The molecule has 0 fully saturated rings. The summed E-state index contributed by atoms with van der Waals surface area (Å²) in [5.41, 5.74) is 4.23. The second-order valence-electron chi connectivity index (χ2n) is 10.7. The lowest BCUT2D eigenvalue weighted by Gasteiger charge is -2.23. The van der Waals surface area contributed by atoms with Gasteiger partial charge in [0.1, 0.15) is 5.83 Å². The molecule has 3 atom stereocenters. The molecule has 0 bridgehead atoms. The van der Waals surface area contributed by atoms with E-state index in [1.165, 1.54) is 12.2 Å². The number of carboxylic acids is 1. The van der Waals surface area contributed by atoms with E-state index >= 15 is 0 Å². The zero-order chi connectivity index (χ0) is 30.8. The molecule has 1 aromatic carbocycles. The Morgan fingerprint density at radius 1 is 1.19 bits per heavy atom. The lowest BCUT2D eigenvalue weighted by atomic mass is 9.89. The first-order valence-electron chi connectivity index (χ1n) is 14.3. The van der Waals surface area contributed by atoms with Gasteiger partial charge < -0.3 is 25.2 Å². The van der Waals surface area contributed by atoms with E-state index in [1.807, 2.05) is 61.7 Å². The maximum absolute atomic E-state index is 14.1. The van der Waals surface area contributed by atoms with Crippen molar-refractivity contribution >= 4 is 11.9 Å². The minimum atomic E-state index is -1.18. The van der Waals surface area contributed by atoms with Gasteiger partial charge in [-0.1, -0.05) is 69.0 Å². The number of hydrogen-bond donors (Lipinski definition) is 4. The maximum atomic E-state index is 14.1. The van der Waals surface area contributed by atoms with Gasteiger partial charge in [-0.05, 0) is 62.0 Å². The van der Waals surface area contributed by atoms with Crippen LogP contribution in [0.2, 0.25) is 0 Å². The fourth-order valence-corrected chi connectivity index (χ4v) is 5.44. The second-order valence-corrected chi connectivity index (χ2v) is 10.7. The van der Waals surface area contributed by atoms with E-state index in [0.717, 1.165) is 22.5 Å². The van der Waals surface area contributed by atoms with Crippen molar-refractivity contribution in [3.8, 4) is 11.1 Å². The third-order valence-electron chi connectivity index (χ3n) is 7.13. The van der Waals surface area contributed by atoms with Gasteiger partial charge in [0, 0.05) is 35.1 Å². The van der Waals surface area contributed by atoms with Crippen LogP contribution in [-0.4, -0.2) is 44.0 Å². The van der Waals surface area contributed by atoms with Crippen molar-refractivity contribution in [1.82, 2.24) is 9.88 Å². The number of hydrogen-bond acceptors (Lipinski definition) is 4. The topological polar surface area (TPSA) is 112 Å². The lowest BCUT2D eigenvalue weighted by molar-refractivity contribution is -0.139. The number of carbonyl (C=O) groups is 2. The Balaban J connectivity index is 2.23. The number of allylic oxidation sites excluding steroid dienone is 8. The standard InChI is InChI=1S/C34H41FN2O5/c1-5-10-26(11-6-2)36-34(42)31-30(23-12-8-7-9-13-23)33(24-14-16-25(35)17-15-24)37(32(31)22(3)4)19-18-27(38)20-28(39)21-29(40)41/h5-14,16-17,22,24,27-28,38-39H,1,15,18-21H2,2-4H3,(H,36,42)(H,40,41)/b11-6-,26-10+. The normalized spacial score (nSPS) is 16.9. The first-order chi connectivity index (χ1) is 20.1. The Morgan fingerprint density at radius 2 is 1.90 bits per heavy atom. The summed E-state index contributed by atoms with van der Waals surface area (Å²) in [5.74, 6) is -2.11. The van der Waals surface area contributed by atoms with Crippen molar-refractivity contribution in [3.63, 3.8) is 0 Å². The number of nitrogens with zero attached hydrogens (tertiary/aromatic N) is 1. The van der Waals surface area contributed by atoms with Crippen LogP contribution in [0.4, 0.5) is 4.39 Å². The van der Waals surface area contributed by atoms with Crippen LogP contribution in [-0.2, 0) is 11.3 Å². The van der Waals surface area contributed by atoms with E-state index in [-0.39, 0.29) is 36.4 Å². The van der Waals surface area contributed by atoms with E-state index in [1.54, 1.807) is 24.3 Å². The van der Waals surface area contributed by atoms with Crippen LogP contribution in [0.5, 0.6) is 0 Å². The molecule has 1 amide bonds. The molecule has 2 aromatic rings. The Morgan fingerprint density at radius 3 is 2.48 bits per heavy atom. The number of carboxylic acid groups (broad SMARTS) is 1. The van der Waals surface area contributed by atoms with Crippen molar-refractivity contribution < 1.29 is 29.3 Å². The Hall–Kier alpha value is -4.01. The molecule has 0 spiro atoms. The quantitative estimate of drug-likeness (QED) is 0.191. The maximum Gasteiger partial charge on any atom is 0.305 e. The predicted molar refractivity (Wildman–Crippen MR) is 164 cm³/mol. The summed E-state index contributed by atoms with van der Waals surface area (Å²) < 4.78 is 16.1. The predicted octanol–water partition coefficient (Wildman–Crippen LogP) is 6.53. The van der Waals surface area contributed by atoms with Gasteiger partial charge in [-0.2, -0.15) is 0 Å². The molecule has 1 aromatic heterocycles. The SMILES string of the molecule is C=C/C=C(\C=C/C)NC(=O)c1c(-c2ccccc2)c(C2C=CC(F)=CC2)n(CCC(O)CC(O)CC(=O)O)c1C(C)C. The number of nitrogens with one attached hydrogen (secondary N) is 1. The van der Waals surface area contributed by atoms with Gasteiger partial charge in [0.2, 0.25) is 0 Å². The largest absolute Gasteiger partial charge is 0.481 e. The molecule has 42 heavy (non-hydrogen) atoms. The molecule has 3 rings (SSSR count). The molecule has 4 N–H and O–H groups in total. The van der Waals surface area contributed by atoms with Crippen molar-refractivity contribution in [3.05, 3.63) is 108 Å². The molecular weight excluding hydrogens is 535 g/mol. The average molecular weight is 577 g/mol. The van der Waals surface area contributed by atoms with Crippen molar-refractivity contribution in [2.24, 2.45) is 0 Å². The van der Waals surface area contributed by atoms with Crippen LogP contribution in [0.15, 0.2) is 91.0 Å². The second kappa shape index (κ2) is 15.3. The number of amides is 1. The summed E-state index contributed by atoms with van der Waals surface area (Å²) in [4.78, 5) is 25.1. The van der Waals surface area contributed by atoms with Gasteiger partial charge in [0.15, 0.2) is 0 Å². The van der Waals surface area contributed by atoms with E-state index in [2.05, 4.69) is 11.9 Å². The molecule has 0 radical (unpaired) electrons. The van der Waals surface area contributed by atoms with Crippen molar-refractivity contribution in [2.75, 3.05) is 0 Å². The highest BCUT2D eigenvalue weighted by molar-refractivity contribution is 6.04. The Labute approximate surface area is 247 Å². The Kier molecular flexibility index (Phi) is 11.8. The van der Waals surface area contributed by atoms with E-state index in [9.17, 15) is 24.2 Å². The van der Waals surface area contributed by atoms with Crippen LogP contribution in [0.25, 0.3) is 11.1 Å². The summed E-state index contributed by atoms with van der Waals surface area (Å²) in [6.45, 7) is 9.90. The van der Waals surface area contributed by atoms with Crippen LogP contribution >= 0.6 is 0 Å². The molecule has 1 aliphatic carbocycles. The summed E-state index contributed by atoms with van der Waals surface area (Å²) in [6.07, 6.45) is 9.60. The van der Waals surface area contributed by atoms with Gasteiger partial charge in [-0.25, -0.2) is 4.39 Å². The molecular formula is C34H41FN2O5. The lowest BCUT2D eigenvalue weighted by Crippen LogP contribution is -2.25. The molecule has 1 aliphatic rings. The molecule has 0 saturated heterocycles. The fraction of sp³-hybridized carbons (Fsp3) is 0.353. The van der Waals surface area contributed by atoms with Gasteiger partial charge in [0.25, 0.3) is 5.91 Å². The van der Waals surface area contributed by atoms with Crippen LogP contribution < -0.4 is 5.32 Å². The number of aliphatic hydroxyl groups is 2. The first-order valence-corrected chi connectivity index (χ1v) is 14.3. The summed E-state index contributed by atoms with van der Waals surface area (Å²) in [5, 5.41) is 32.9. The highest BCUT2D eigenvalue weighted by Crippen LogP contribution is 2.43. The Bertz CT molecular complexity index is 1380. The molecule has 0 saturated carbocycles. The number of rotatable bonds is 14. The number of halogens is 1. The summed E-state index contributed by atoms with van der Waals surface area (Å²) in [6, 6.07) is 9.59. The van der Waals surface area contributed by atoms with Gasteiger partial charge in [0.05, 0.1) is 24.2 Å². The molecule has 7 nitrogen and oxygen atoms in total. The van der Waals surface area contributed by atoms with Crippen molar-refractivity contribution in [1.29, 1.82) is 0 Å². The molecule has 8 heteroatoms. The first kappa shape index (κ1) is 32.5. The summed E-state index contributed by atoms with van der Waals surface area (Å²) in [7, 11) is 0. The number of aliphatic hydroxyl groups excluding tert-OH is 2. The smallest absolute Gasteiger partial charge is 0.305 e. The number of benzene rings is 1. The van der Waals surface area contributed by atoms with Crippen molar-refractivity contribution in [2.45, 2.75) is 77.0 Å². The number of aromatic nitrogens is 1. The van der Waals surface area contributed by atoms with Gasteiger partial charge in [-0.3, -0.25) is 9.59 Å². The third kappa shape index (κ3) is 8.27.